The van der Waals surface area contributed by atoms with Crippen LogP contribution < -0.4 is 13.3 Å². The number of methoxy groups -OCH3 is 1. The molecule has 2 aromatic rings. The van der Waals surface area contributed by atoms with Crippen molar-refractivity contribution in [1.29, 1.82) is 0 Å². The number of halogens is 2. The average Bonchev–Trinajstić information content (AvgIpc) is 3.59. The normalized spacial score (nSPS) is 23.7. The second-order valence-electron chi connectivity index (χ2n) is 14.2. The van der Waals surface area contributed by atoms with E-state index in [-0.39, 0.29) is 35.9 Å². The average molecular weight is 751 g/mol. The fourth-order valence-corrected chi connectivity index (χ4v) is 24.0. The summed E-state index contributed by atoms with van der Waals surface area (Å²) in [4.78, 5) is 31.2. The van der Waals surface area contributed by atoms with Gasteiger partial charge in [0.2, 0.25) is 0 Å². The summed E-state index contributed by atoms with van der Waals surface area (Å²) in [7, 11) is 1.42. The fourth-order valence-electron chi connectivity index (χ4n) is 8.36. The van der Waals surface area contributed by atoms with E-state index in [1.165, 1.54) is 7.11 Å². The van der Waals surface area contributed by atoms with Crippen LogP contribution in [0, 0.1) is 11.7 Å². The van der Waals surface area contributed by atoms with E-state index in [2.05, 4.69) is 30.6 Å². The maximum absolute atomic E-state index is 17.2. The van der Waals surface area contributed by atoms with Gasteiger partial charge in [-0.2, -0.15) is 0 Å². The minimum atomic E-state index is -3.25. The Morgan fingerprint density at radius 1 is 1.04 bits per heavy atom. The zero-order chi connectivity index (χ0) is 32.7. The molecule has 5 heterocycles. The van der Waals surface area contributed by atoms with Crippen molar-refractivity contribution in [3.8, 4) is 6.01 Å². The Labute approximate surface area is 278 Å². The molecule has 0 aliphatic carbocycles. The monoisotopic (exact) mass is 751 g/mol. The molecule has 0 radical (unpaired) electrons. The van der Waals surface area contributed by atoms with Gasteiger partial charge in [0.05, 0.1) is 0 Å². The number of hydrogen-bond acceptors (Lipinski definition) is 8. The van der Waals surface area contributed by atoms with Gasteiger partial charge in [-0.15, -0.1) is 0 Å². The molecule has 3 aliphatic heterocycles. The van der Waals surface area contributed by atoms with Crippen molar-refractivity contribution in [1.82, 2.24) is 19.9 Å². The molecule has 3 fully saturated rings. The van der Waals surface area contributed by atoms with Crippen molar-refractivity contribution in [2.24, 2.45) is 5.92 Å². The van der Waals surface area contributed by atoms with Gasteiger partial charge in [0.15, 0.2) is 0 Å². The summed E-state index contributed by atoms with van der Waals surface area (Å²) in [6.45, 7) is 9.60. The molecule has 3 aliphatic rings. The van der Waals surface area contributed by atoms with Crippen LogP contribution in [0.15, 0.2) is 6.20 Å². The second kappa shape index (κ2) is 16.1. The molecule has 0 bridgehead atoms. The number of pyridine rings is 1. The number of unbranched alkanes of at least 4 members (excludes halogenated alkanes) is 3. The topological polar surface area (TPSA) is 80.7 Å². The molecule has 0 saturated carbocycles. The molecule has 0 spiro atoms. The molecule has 256 valence electrons. The molecule has 46 heavy (non-hydrogen) atoms. The van der Waals surface area contributed by atoms with Crippen molar-refractivity contribution < 1.29 is 23.0 Å². The molecule has 0 unspecified atom stereocenters. The van der Waals surface area contributed by atoms with Gasteiger partial charge in [0.1, 0.15) is 0 Å². The number of anilines is 1. The summed E-state index contributed by atoms with van der Waals surface area (Å²) < 4.78 is 47.1. The van der Waals surface area contributed by atoms with E-state index in [9.17, 15) is 9.18 Å². The van der Waals surface area contributed by atoms with Crippen LogP contribution in [0.3, 0.4) is 0 Å². The Bertz CT molecular complexity index is 1310. The number of carbonyl (C=O) groups is 1. The van der Waals surface area contributed by atoms with Gasteiger partial charge >= 0.3 is 279 Å². The van der Waals surface area contributed by atoms with E-state index in [1.54, 1.807) is 0 Å². The first-order valence-electron chi connectivity index (χ1n) is 18.0. The number of nitrogens with zero attached hydrogens (tertiary/aromatic N) is 5. The van der Waals surface area contributed by atoms with Gasteiger partial charge in [-0.3, -0.25) is 0 Å². The first kappa shape index (κ1) is 35.5. The Morgan fingerprint density at radius 3 is 2.43 bits per heavy atom. The van der Waals surface area contributed by atoms with Gasteiger partial charge < -0.3 is 0 Å². The van der Waals surface area contributed by atoms with Gasteiger partial charge in [0.25, 0.3) is 0 Å². The van der Waals surface area contributed by atoms with Crippen LogP contribution in [0.1, 0.15) is 97.8 Å². The van der Waals surface area contributed by atoms with Crippen molar-refractivity contribution in [2.45, 2.75) is 123 Å². The van der Waals surface area contributed by atoms with Crippen LogP contribution in [0.5, 0.6) is 6.01 Å². The molecule has 8 nitrogen and oxygen atoms in total. The van der Waals surface area contributed by atoms with Crippen molar-refractivity contribution >= 4 is 44.8 Å². The van der Waals surface area contributed by atoms with Crippen LogP contribution in [-0.2, 0) is 9.53 Å². The summed E-state index contributed by atoms with van der Waals surface area (Å²) in [5, 5.41) is 0.597. The minimum absolute atomic E-state index is 0.111. The van der Waals surface area contributed by atoms with E-state index in [0.29, 0.717) is 42.7 Å². The molecule has 11 heteroatoms. The van der Waals surface area contributed by atoms with Crippen molar-refractivity contribution in [2.75, 3.05) is 44.8 Å². The van der Waals surface area contributed by atoms with E-state index in [0.717, 1.165) is 94.3 Å². The molecule has 2 aromatic heterocycles. The Balaban J connectivity index is 1.57. The molecule has 5 rings (SSSR count). The Hall–Kier alpha value is -1.82. The predicted octanol–water partition coefficient (Wildman–Crippen LogP) is 6.95. The van der Waals surface area contributed by atoms with E-state index in [4.69, 9.17) is 24.4 Å². The fraction of sp³-hybridized carbons (Fsp3) is 0.771. The summed E-state index contributed by atoms with van der Waals surface area (Å²) in [5.74, 6) is 0.219. The third-order valence-corrected chi connectivity index (χ3v) is 26.0. The number of piperidine rings is 1. The number of rotatable bonds is 16. The van der Waals surface area contributed by atoms with Gasteiger partial charge in [-0.05, 0) is 0 Å². The predicted molar refractivity (Wildman–Crippen MR) is 182 cm³/mol. The van der Waals surface area contributed by atoms with Crippen LogP contribution in [0.2, 0.25) is 13.3 Å². The number of hydrogen-bond donors (Lipinski definition) is 0. The molecular weight excluding hydrogens is 695 g/mol. The van der Waals surface area contributed by atoms with Crippen molar-refractivity contribution in [3.05, 3.63) is 12.0 Å². The van der Waals surface area contributed by atoms with Gasteiger partial charge in [-0.1, -0.05) is 0 Å². The first-order valence-corrected chi connectivity index (χ1v) is 25.5. The Kier molecular flexibility index (Phi) is 12.4. The number of ether oxygens (including phenoxy) is 2. The van der Waals surface area contributed by atoms with E-state index >= 15 is 4.39 Å². The molecular formula is C35H55F2N5O3Sn. The Morgan fingerprint density at radius 2 is 1.76 bits per heavy atom. The SMILES string of the molecule is CCC[CH2][Sn]([CH2]CCC)([CH2]CCC)[c]1ncc2c(N3CCC[C@@H](CC(=O)OC)C3)nc(OC[C@@]34CCCN3C[C@H](F)C4)nc2c1F. The summed E-state index contributed by atoms with van der Waals surface area (Å²) in [5.41, 5.74) is -0.0657. The third kappa shape index (κ3) is 7.73. The van der Waals surface area contributed by atoms with Crippen LogP contribution in [0.4, 0.5) is 14.6 Å². The molecule has 3 saturated heterocycles. The number of carbonyl (C=O) groups excluding carboxylic acids is 1. The zero-order valence-electron chi connectivity index (χ0n) is 28.6. The standard InChI is InChI=1S/C23H28F2N5O3.3C4H9.Sn/c1-32-19(31)8-15-4-2-6-29(12-15)21-17-10-26-11-18(25)20(17)27-22(28-21)33-14-23-5-3-7-30(23)13-16(24)9-23;3*1-3-4-2;/h10,15-16H,2-9,12-14H2,1H3;3*1,3-4H2,2H3;/t15-,16+,23-;;;;/m0..../s1. The summed E-state index contributed by atoms with van der Waals surface area (Å²) in [6, 6.07) is 0.147. The number of fused-ring (bicyclic) bond motifs is 2. The van der Waals surface area contributed by atoms with E-state index in [1.807, 2.05) is 6.20 Å². The maximum atomic E-state index is 17.2. The first-order chi connectivity index (χ1) is 22.3. The second-order valence-corrected chi connectivity index (χ2v) is 27.1. The molecule has 3 atom stereocenters. The quantitative estimate of drug-likeness (QED) is 0.135. The third-order valence-electron chi connectivity index (χ3n) is 10.9. The molecule has 0 N–H and O–H groups in total. The van der Waals surface area contributed by atoms with Gasteiger partial charge in [-0.25, -0.2) is 0 Å². The van der Waals surface area contributed by atoms with Crippen molar-refractivity contribution in [3.63, 3.8) is 0 Å². The van der Waals surface area contributed by atoms with Crippen LogP contribution in [-0.4, -0.2) is 95.8 Å². The number of alkyl halides is 1. The van der Waals surface area contributed by atoms with E-state index < -0.39 is 24.5 Å². The number of aromatic nitrogens is 3. The summed E-state index contributed by atoms with van der Waals surface area (Å²) in [6.07, 6.45) is 12.0. The summed E-state index contributed by atoms with van der Waals surface area (Å²) >= 11 is -3.25. The van der Waals surface area contributed by atoms with Crippen LogP contribution >= 0.6 is 0 Å². The number of esters is 1. The zero-order valence-corrected chi connectivity index (χ0v) is 31.4. The van der Waals surface area contributed by atoms with Crippen LogP contribution in [0.25, 0.3) is 10.9 Å². The molecule has 0 amide bonds. The van der Waals surface area contributed by atoms with Gasteiger partial charge in [0, 0.05) is 0 Å². The molecule has 0 aromatic carbocycles.